The van der Waals surface area contributed by atoms with Gasteiger partial charge >= 0.3 is 5.97 Å². The first-order valence-corrected chi connectivity index (χ1v) is 5.15. The molecule has 2 nitrogen and oxygen atoms in total. The second-order valence-electron chi connectivity index (χ2n) is 3.67. The van der Waals surface area contributed by atoms with Crippen molar-refractivity contribution in [1.29, 1.82) is 0 Å². The minimum absolute atomic E-state index is 0.139. The van der Waals surface area contributed by atoms with E-state index >= 15 is 0 Å². The maximum Gasteiger partial charge on any atom is 0.305 e. The fraction of sp³-hybridized carbons (Fsp3) is 0.308. The van der Waals surface area contributed by atoms with E-state index in [1.54, 1.807) is 0 Å². The third-order valence-corrected chi connectivity index (χ3v) is 2.76. The summed E-state index contributed by atoms with van der Waals surface area (Å²) in [7, 11) is 1.43. The zero-order valence-corrected chi connectivity index (χ0v) is 8.82. The first kappa shape index (κ1) is 9.97. The van der Waals surface area contributed by atoms with Gasteiger partial charge in [0.1, 0.15) is 0 Å². The van der Waals surface area contributed by atoms with Gasteiger partial charge in [0.2, 0.25) is 0 Å². The summed E-state index contributed by atoms with van der Waals surface area (Å²) in [5, 5.41) is 0. The monoisotopic (exact) mass is 202 g/mol. The Bertz CT molecular complexity index is 405. The summed E-state index contributed by atoms with van der Waals surface area (Å²) in [5.74, 6) is -0.139. The molecule has 0 amide bonds. The van der Waals surface area contributed by atoms with Gasteiger partial charge < -0.3 is 4.74 Å². The first-order chi connectivity index (χ1) is 7.31. The Morgan fingerprint density at radius 3 is 3.00 bits per heavy atom. The van der Waals surface area contributed by atoms with Crippen LogP contribution in [0.25, 0.3) is 5.57 Å². The van der Waals surface area contributed by atoms with Crippen molar-refractivity contribution in [1.82, 2.24) is 0 Å². The number of fused-ring (bicyclic) bond motifs is 1. The minimum Gasteiger partial charge on any atom is -0.469 e. The van der Waals surface area contributed by atoms with Gasteiger partial charge in [-0.15, -0.1) is 0 Å². The zero-order valence-electron chi connectivity index (χ0n) is 8.82. The SMILES string of the molecule is COC(=O)CCC1=CCc2ccccc21. The van der Waals surface area contributed by atoms with Crippen molar-refractivity contribution in [2.24, 2.45) is 0 Å². The second-order valence-corrected chi connectivity index (χ2v) is 3.67. The molecule has 0 saturated heterocycles. The van der Waals surface area contributed by atoms with E-state index in [1.165, 1.54) is 23.8 Å². The summed E-state index contributed by atoms with van der Waals surface area (Å²) in [5.41, 5.74) is 3.93. The smallest absolute Gasteiger partial charge is 0.305 e. The predicted molar refractivity (Wildman–Crippen MR) is 59.4 cm³/mol. The van der Waals surface area contributed by atoms with Crippen LogP contribution in [0.1, 0.15) is 24.0 Å². The van der Waals surface area contributed by atoms with Crippen molar-refractivity contribution >= 4 is 11.5 Å². The second kappa shape index (κ2) is 4.30. The summed E-state index contributed by atoms with van der Waals surface area (Å²) in [6, 6.07) is 8.34. The number of hydrogen-bond donors (Lipinski definition) is 0. The number of allylic oxidation sites excluding steroid dienone is 2. The molecule has 1 aromatic carbocycles. The number of carbonyl (C=O) groups excluding carboxylic acids is 1. The molecule has 0 bridgehead atoms. The van der Waals surface area contributed by atoms with Crippen molar-refractivity contribution in [2.45, 2.75) is 19.3 Å². The molecule has 0 aromatic heterocycles. The van der Waals surface area contributed by atoms with E-state index in [-0.39, 0.29) is 5.97 Å². The van der Waals surface area contributed by atoms with Gasteiger partial charge in [-0.05, 0) is 29.5 Å². The molecule has 0 fully saturated rings. The average molecular weight is 202 g/mol. The molecule has 0 radical (unpaired) electrons. The molecule has 0 saturated carbocycles. The Labute approximate surface area is 89.6 Å². The molecular formula is C13H14O2. The molecule has 1 aromatic rings. The van der Waals surface area contributed by atoms with Crippen LogP contribution in [0, 0.1) is 0 Å². The van der Waals surface area contributed by atoms with Gasteiger partial charge in [-0.25, -0.2) is 0 Å². The normalized spacial score (nSPS) is 13.3. The maximum absolute atomic E-state index is 11.0. The molecule has 0 spiro atoms. The number of hydrogen-bond acceptors (Lipinski definition) is 2. The lowest BCUT2D eigenvalue weighted by Crippen LogP contribution is -1.99. The molecule has 0 aliphatic heterocycles. The van der Waals surface area contributed by atoms with Crippen LogP contribution in [0.5, 0.6) is 0 Å². The van der Waals surface area contributed by atoms with Crippen LogP contribution in [0.2, 0.25) is 0 Å². The van der Waals surface area contributed by atoms with E-state index in [4.69, 9.17) is 0 Å². The van der Waals surface area contributed by atoms with Gasteiger partial charge in [0.25, 0.3) is 0 Å². The summed E-state index contributed by atoms with van der Waals surface area (Å²) < 4.78 is 4.63. The summed E-state index contributed by atoms with van der Waals surface area (Å²) in [6.45, 7) is 0. The molecule has 78 valence electrons. The van der Waals surface area contributed by atoms with E-state index in [1.807, 2.05) is 6.07 Å². The summed E-state index contributed by atoms with van der Waals surface area (Å²) >= 11 is 0. The number of ether oxygens (including phenoxy) is 1. The summed E-state index contributed by atoms with van der Waals surface area (Å²) in [4.78, 5) is 11.0. The third-order valence-electron chi connectivity index (χ3n) is 2.76. The highest BCUT2D eigenvalue weighted by molar-refractivity contribution is 5.77. The number of carbonyl (C=O) groups is 1. The van der Waals surface area contributed by atoms with E-state index in [0.717, 1.165) is 12.8 Å². The standard InChI is InChI=1S/C13H14O2/c1-15-13(14)9-8-11-7-6-10-4-2-3-5-12(10)11/h2-5,7H,6,8-9H2,1H3. The molecule has 2 rings (SSSR count). The van der Waals surface area contributed by atoms with Crippen LogP contribution in [0.4, 0.5) is 0 Å². The Morgan fingerprint density at radius 1 is 1.40 bits per heavy atom. The highest BCUT2D eigenvalue weighted by Crippen LogP contribution is 2.30. The van der Waals surface area contributed by atoms with Crippen molar-refractivity contribution in [3.05, 3.63) is 41.5 Å². The van der Waals surface area contributed by atoms with E-state index in [2.05, 4.69) is 29.0 Å². The quantitative estimate of drug-likeness (QED) is 0.704. The Hall–Kier alpha value is -1.57. The van der Waals surface area contributed by atoms with Crippen LogP contribution < -0.4 is 0 Å². The van der Waals surface area contributed by atoms with Gasteiger partial charge in [-0.1, -0.05) is 30.3 Å². The van der Waals surface area contributed by atoms with Crippen molar-refractivity contribution in [3.8, 4) is 0 Å². The van der Waals surface area contributed by atoms with Crippen LogP contribution >= 0.6 is 0 Å². The number of methoxy groups -OCH3 is 1. The molecule has 1 aliphatic carbocycles. The first-order valence-electron chi connectivity index (χ1n) is 5.15. The number of benzene rings is 1. The van der Waals surface area contributed by atoms with Gasteiger partial charge in [-0.2, -0.15) is 0 Å². The molecule has 0 heterocycles. The topological polar surface area (TPSA) is 26.3 Å². The highest BCUT2D eigenvalue weighted by Gasteiger charge is 2.13. The van der Waals surface area contributed by atoms with Crippen molar-refractivity contribution in [3.63, 3.8) is 0 Å². The van der Waals surface area contributed by atoms with E-state index < -0.39 is 0 Å². The Morgan fingerprint density at radius 2 is 2.20 bits per heavy atom. The fourth-order valence-corrected chi connectivity index (χ4v) is 1.93. The number of esters is 1. The molecule has 2 heteroatoms. The lowest BCUT2D eigenvalue weighted by Gasteiger charge is -2.04. The summed E-state index contributed by atoms with van der Waals surface area (Å²) in [6.07, 6.45) is 4.45. The van der Waals surface area contributed by atoms with Gasteiger partial charge in [0, 0.05) is 6.42 Å². The highest BCUT2D eigenvalue weighted by atomic mass is 16.5. The van der Waals surface area contributed by atoms with Crippen LogP contribution in [-0.2, 0) is 16.0 Å². The lowest BCUT2D eigenvalue weighted by atomic mass is 10.0. The third kappa shape index (κ3) is 2.09. The molecule has 15 heavy (non-hydrogen) atoms. The predicted octanol–water partition coefficient (Wildman–Crippen LogP) is 2.58. The fourth-order valence-electron chi connectivity index (χ4n) is 1.93. The van der Waals surface area contributed by atoms with Gasteiger partial charge in [-0.3, -0.25) is 4.79 Å². The molecule has 0 N–H and O–H groups in total. The van der Waals surface area contributed by atoms with Crippen molar-refractivity contribution < 1.29 is 9.53 Å². The van der Waals surface area contributed by atoms with Crippen molar-refractivity contribution in [2.75, 3.05) is 7.11 Å². The van der Waals surface area contributed by atoms with Gasteiger partial charge in [0.05, 0.1) is 7.11 Å². The molecule has 1 aliphatic rings. The molecule has 0 unspecified atom stereocenters. The van der Waals surface area contributed by atoms with Crippen LogP contribution in [0.15, 0.2) is 30.3 Å². The minimum atomic E-state index is -0.139. The van der Waals surface area contributed by atoms with Gasteiger partial charge in [0.15, 0.2) is 0 Å². The number of rotatable bonds is 3. The molecular weight excluding hydrogens is 188 g/mol. The van der Waals surface area contributed by atoms with Crippen LogP contribution in [-0.4, -0.2) is 13.1 Å². The molecule has 0 atom stereocenters. The lowest BCUT2D eigenvalue weighted by molar-refractivity contribution is -0.140. The zero-order chi connectivity index (χ0) is 10.7. The Balaban J connectivity index is 2.04. The maximum atomic E-state index is 11.0. The largest absolute Gasteiger partial charge is 0.469 e. The average Bonchev–Trinajstić information content (AvgIpc) is 2.69. The van der Waals surface area contributed by atoms with E-state index in [9.17, 15) is 4.79 Å². The van der Waals surface area contributed by atoms with Crippen LogP contribution in [0.3, 0.4) is 0 Å². The van der Waals surface area contributed by atoms with E-state index in [0.29, 0.717) is 6.42 Å². The Kier molecular flexibility index (Phi) is 2.86.